The zero-order valence-corrected chi connectivity index (χ0v) is 15.4. The number of aromatic nitrogens is 2. The highest BCUT2D eigenvalue weighted by Gasteiger charge is 2.23. The fourth-order valence-corrected chi connectivity index (χ4v) is 2.65. The first kappa shape index (κ1) is 19.9. The Morgan fingerprint density at radius 2 is 2.21 bits per heavy atom. The lowest BCUT2D eigenvalue weighted by Crippen LogP contribution is -2.44. The van der Waals surface area contributed by atoms with E-state index in [1.165, 1.54) is 6.08 Å². The van der Waals surface area contributed by atoms with Crippen molar-refractivity contribution in [3.63, 3.8) is 0 Å². The summed E-state index contributed by atoms with van der Waals surface area (Å²) in [4.78, 5) is 22.2. The second-order valence-corrected chi connectivity index (χ2v) is 5.50. The zero-order valence-electron chi connectivity index (χ0n) is 15.4. The fraction of sp³-hybridized carbons (Fsp3) is 0.526. The van der Waals surface area contributed by atoms with Gasteiger partial charge >= 0.3 is 0 Å². The molecule has 1 aliphatic heterocycles. The summed E-state index contributed by atoms with van der Waals surface area (Å²) >= 11 is 0. The smallest absolute Gasteiger partial charge is 0.246 e. The van der Waals surface area contributed by atoms with Crippen LogP contribution in [0.1, 0.15) is 51.3 Å². The Balaban J connectivity index is 0.00000139. The van der Waals surface area contributed by atoms with E-state index in [4.69, 9.17) is 0 Å². The minimum atomic E-state index is -0.00327. The lowest BCUT2D eigenvalue weighted by atomic mass is 10.0. The molecule has 1 aliphatic rings. The molecule has 1 atom stereocenters. The molecule has 1 aromatic heterocycles. The van der Waals surface area contributed by atoms with E-state index >= 15 is 0 Å². The van der Waals surface area contributed by atoms with Gasteiger partial charge in [0.2, 0.25) is 5.91 Å². The summed E-state index contributed by atoms with van der Waals surface area (Å²) in [5.41, 5.74) is 1.98. The number of piperidine rings is 1. The zero-order chi connectivity index (χ0) is 17.9. The predicted octanol–water partition coefficient (Wildman–Crippen LogP) is 3.82. The number of nitrogens with zero attached hydrogens (tertiary/aromatic N) is 3. The van der Waals surface area contributed by atoms with Gasteiger partial charge in [-0.1, -0.05) is 39.5 Å². The molecule has 0 bridgehead atoms. The normalized spacial score (nSPS) is 17.2. The molecular formula is C19H30N4O. The van der Waals surface area contributed by atoms with Gasteiger partial charge in [-0.2, -0.15) is 0 Å². The SMILES string of the molecule is C=CC(=O)N1CCC[C@@H](Nc2ncnc(C)c2/C=C\CC)C1.CC. The molecule has 0 saturated carbocycles. The van der Waals surface area contributed by atoms with E-state index in [2.05, 4.69) is 40.9 Å². The molecule has 5 heteroatoms. The van der Waals surface area contributed by atoms with Gasteiger partial charge in [0, 0.05) is 24.7 Å². The van der Waals surface area contributed by atoms with Crippen molar-refractivity contribution >= 4 is 17.8 Å². The van der Waals surface area contributed by atoms with Crippen molar-refractivity contribution in [2.24, 2.45) is 0 Å². The van der Waals surface area contributed by atoms with E-state index in [1.807, 2.05) is 25.7 Å². The molecule has 1 fully saturated rings. The lowest BCUT2D eigenvalue weighted by molar-refractivity contribution is -0.127. The van der Waals surface area contributed by atoms with Gasteiger partial charge < -0.3 is 10.2 Å². The van der Waals surface area contributed by atoms with Gasteiger partial charge in [0.15, 0.2) is 0 Å². The highest BCUT2D eigenvalue weighted by atomic mass is 16.2. The van der Waals surface area contributed by atoms with Crippen LogP contribution in [0.2, 0.25) is 0 Å². The molecule has 5 nitrogen and oxygen atoms in total. The van der Waals surface area contributed by atoms with E-state index in [0.29, 0.717) is 6.54 Å². The average molecular weight is 330 g/mol. The number of amides is 1. The summed E-state index contributed by atoms with van der Waals surface area (Å²) in [5.74, 6) is 0.839. The maximum Gasteiger partial charge on any atom is 0.246 e. The molecule has 1 N–H and O–H groups in total. The minimum Gasteiger partial charge on any atom is -0.365 e. The first-order valence-electron chi connectivity index (χ1n) is 8.81. The van der Waals surface area contributed by atoms with Crippen LogP contribution in [-0.2, 0) is 4.79 Å². The minimum absolute atomic E-state index is 0.00327. The van der Waals surface area contributed by atoms with E-state index in [1.54, 1.807) is 6.33 Å². The largest absolute Gasteiger partial charge is 0.365 e. The first-order chi connectivity index (χ1) is 11.7. The number of carbonyl (C=O) groups is 1. The summed E-state index contributed by atoms with van der Waals surface area (Å²) < 4.78 is 0. The standard InChI is InChI=1S/C17H24N4O.C2H6/c1-4-6-9-15-13(3)18-12-19-17(15)20-14-8-7-10-21(11-14)16(22)5-2;1-2/h5-6,9,12,14H,2,4,7-8,10-11H2,1,3H3,(H,18,19,20);1-2H3/b9-6-;/t14-;/m1./s1. The molecule has 132 valence electrons. The number of carbonyl (C=O) groups excluding carboxylic acids is 1. The Kier molecular flexibility index (Phi) is 8.76. The Hall–Kier alpha value is -2.17. The van der Waals surface area contributed by atoms with Gasteiger partial charge in [-0.25, -0.2) is 9.97 Å². The van der Waals surface area contributed by atoms with Crippen molar-refractivity contribution < 1.29 is 4.79 Å². The molecule has 2 heterocycles. The van der Waals surface area contributed by atoms with Crippen molar-refractivity contribution in [3.05, 3.63) is 36.3 Å². The molecule has 1 aromatic rings. The number of allylic oxidation sites excluding steroid dienone is 1. The van der Waals surface area contributed by atoms with Gasteiger partial charge in [-0.05, 0) is 32.3 Å². The number of likely N-dealkylation sites (tertiary alicyclic amines) is 1. The number of aryl methyl sites for hydroxylation is 1. The van der Waals surface area contributed by atoms with Gasteiger partial charge in [0.25, 0.3) is 0 Å². The van der Waals surface area contributed by atoms with Gasteiger partial charge in [0.1, 0.15) is 12.1 Å². The molecule has 0 unspecified atom stereocenters. The lowest BCUT2D eigenvalue weighted by Gasteiger charge is -2.33. The van der Waals surface area contributed by atoms with Crippen LogP contribution in [0.15, 0.2) is 25.1 Å². The Morgan fingerprint density at radius 3 is 2.88 bits per heavy atom. The molecule has 2 rings (SSSR count). The van der Waals surface area contributed by atoms with Crippen LogP contribution < -0.4 is 5.32 Å². The van der Waals surface area contributed by atoms with Crippen molar-refractivity contribution in [2.75, 3.05) is 18.4 Å². The summed E-state index contributed by atoms with van der Waals surface area (Å²) in [6, 6.07) is 0.209. The van der Waals surface area contributed by atoms with Gasteiger partial charge in [-0.3, -0.25) is 4.79 Å². The van der Waals surface area contributed by atoms with E-state index in [-0.39, 0.29) is 11.9 Å². The van der Waals surface area contributed by atoms with Crippen molar-refractivity contribution in [1.29, 1.82) is 0 Å². The quantitative estimate of drug-likeness (QED) is 0.834. The number of anilines is 1. The Labute approximate surface area is 145 Å². The van der Waals surface area contributed by atoms with Crippen molar-refractivity contribution in [2.45, 2.75) is 53.0 Å². The van der Waals surface area contributed by atoms with Crippen molar-refractivity contribution in [1.82, 2.24) is 14.9 Å². The van der Waals surface area contributed by atoms with Gasteiger partial charge in [0.05, 0.1) is 5.69 Å². The van der Waals surface area contributed by atoms with Crippen LogP contribution in [0.3, 0.4) is 0 Å². The summed E-state index contributed by atoms with van der Waals surface area (Å²) in [6.07, 6.45) is 10.1. The summed E-state index contributed by atoms with van der Waals surface area (Å²) in [5, 5.41) is 3.48. The molecule has 0 spiro atoms. The molecule has 0 radical (unpaired) electrons. The van der Waals surface area contributed by atoms with Crippen LogP contribution in [0.5, 0.6) is 0 Å². The highest BCUT2D eigenvalue weighted by Crippen LogP contribution is 2.21. The number of hydrogen-bond acceptors (Lipinski definition) is 4. The van der Waals surface area contributed by atoms with Crippen LogP contribution in [0.4, 0.5) is 5.82 Å². The number of nitrogens with one attached hydrogen (secondary N) is 1. The van der Waals surface area contributed by atoms with Crippen LogP contribution >= 0.6 is 0 Å². The number of rotatable bonds is 5. The topological polar surface area (TPSA) is 58.1 Å². The maximum atomic E-state index is 11.8. The molecule has 0 aromatic carbocycles. The third-order valence-electron chi connectivity index (χ3n) is 3.85. The van der Waals surface area contributed by atoms with E-state index in [0.717, 1.165) is 42.9 Å². The van der Waals surface area contributed by atoms with Crippen molar-refractivity contribution in [3.8, 4) is 0 Å². The first-order valence-corrected chi connectivity index (χ1v) is 8.81. The average Bonchev–Trinajstić information content (AvgIpc) is 2.62. The van der Waals surface area contributed by atoms with Crippen LogP contribution in [0, 0.1) is 6.92 Å². The summed E-state index contributed by atoms with van der Waals surface area (Å²) in [7, 11) is 0. The Morgan fingerprint density at radius 1 is 1.46 bits per heavy atom. The highest BCUT2D eigenvalue weighted by molar-refractivity contribution is 5.87. The third kappa shape index (κ3) is 5.48. The van der Waals surface area contributed by atoms with Crippen LogP contribution in [0.25, 0.3) is 6.08 Å². The molecule has 0 aliphatic carbocycles. The van der Waals surface area contributed by atoms with E-state index < -0.39 is 0 Å². The van der Waals surface area contributed by atoms with E-state index in [9.17, 15) is 4.79 Å². The fourth-order valence-electron chi connectivity index (χ4n) is 2.65. The predicted molar refractivity (Wildman–Crippen MR) is 101 cm³/mol. The molecule has 24 heavy (non-hydrogen) atoms. The maximum absolute atomic E-state index is 11.8. The molecule has 1 amide bonds. The second kappa shape index (κ2) is 10.6. The molecule has 1 saturated heterocycles. The van der Waals surface area contributed by atoms with Gasteiger partial charge in [-0.15, -0.1) is 0 Å². The number of hydrogen-bond donors (Lipinski definition) is 1. The molecular weight excluding hydrogens is 300 g/mol. The monoisotopic (exact) mass is 330 g/mol. The third-order valence-corrected chi connectivity index (χ3v) is 3.85. The Bertz CT molecular complexity index is 568. The summed E-state index contributed by atoms with van der Waals surface area (Å²) in [6.45, 7) is 13.1. The second-order valence-electron chi connectivity index (χ2n) is 5.50. The van der Waals surface area contributed by atoms with Crippen LogP contribution in [-0.4, -0.2) is 39.9 Å².